The van der Waals surface area contributed by atoms with Gasteiger partial charge in [-0.25, -0.2) is 0 Å². The molecule has 1 atom stereocenters. The normalized spacial score (nSPS) is 18.6. The van der Waals surface area contributed by atoms with Crippen molar-refractivity contribution in [1.29, 1.82) is 0 Å². The average molecular weight is 221 g/mol. The lowest BCUT2D eigenvalue weighted by Crippen LogP contribution is -2.18. The van der Waals surface area contributed by atoms with Crippen LogP contribution in [0.3, 0.4) is 0 Å². The number of methoxy groups -OCH3 is 1. The van der Waals surface area contributed by atoms with Crippen LogP contribution in [-0.2, 0) is 0 Å². The number of benzene rings is 1. The number of hydrogen-bond donors (Lipinski definition) is 2. The van der Waals surface area contributed by atoms with Crippen LogP contribution in [0, 0.1) is 5.92 Å². The molecule has 1 aromatic rings. The largest absolute Gasteiger partial charge is 0.504 e. The first-order chi connectivity index (χ1) is 7.72. The van der Waals surface area contributed by atoms with Gasteiger partial charge in [0.25, 0.3) is 0 Å². The van der Waals surface area contributed by atoms with Crippen molar-refractivity contribution < 1.29 is 9.84 Å². The summed E-state index contributed by atoms with van der Waals surface area (Å²) in [7, 11) is 1.55. The lowest BCUT2D eigenvalue weighted by Gasteiger charge is -2.19. The quantitative estimate of drug-likeness (QED) is 0.824. The van der Waals surface area contributed by atoms with Gasteiger partial charge in [0, 0.05) is 6.04 Å². The fraction of sp³-hybridized carbons (Fsp3) is 0.538. The van der Waals surface area contributed by atoms with Crippen molar-refractivity contribution in [2.75, 3.05) is 7.11 Å². The van der Waals surface area contributed by atoms with Crippen LogP contribution in [0.1, 0.15) is 37.3 Å². The van der Waals surface area contributed by atoms with Gasteiger partial charge < -0.3 is 15.6 Å². The Hall–Kier alpha value is -1.22. The molecule has 3 nitrogen and oxygen atoms in total. The first kappa shape index (κ1) is 11.3. The third kappa shape index (κ3) is 2.14. The van der Waals surface area contributed by atoms with Crippen LogP contribution in [-0.4, -0.2) is 12.2 Å². The summed E-state index contributed by atoms with van der Waals surface area (Å²) < 4.78 is 5.01. The fourth-order valence-corrected chi connectivity index (χ4v) is 2.50. The topological polar surface area (TPSA) is 55.5 Å². The van der Waals surface area contributed by atoms with Crippen molar-refractivity contribution in [3.05, 3.63) is 23.8 Å². The summed E-state index contributed by atoms with van der Waals surface area (Å²) in [5.41, 5.74) is 7.21. The molecule has 1 aliphatic rings. The summed E-state index contributed by atoms with van der Waals surface area (Å²) in [6.07, 6.45) is 4.96. The van der Waals surface area contributed by atoms with Gasteiger partial charge in [0.2, 0.25) is 0 Å². The number of ether oxygens (including phenoxy) is 1. The molecule has 0 bridgehead atoms. The molecule has 1 saturated carbocycles. The minimum Gasteiger partial charge on any atom is -0.504 e. The van der Waals surface area contributed by atoms with Gasteiger partial charge in [-0.05, 0) is 36.5 Å². The zero-order valence-electron chi connectivity index (χ0n) is 9.65. The second-order valence-electron chi connectivity index (χ2n) is 4.50. The number of hydrogen-bond acceptors (Lipinski definition) is 3. The molecule has 0 aliphatic heterocycles. The minimum atomic E-state index is 0.0410. The molecular weight excluding hydrogens is 202 g/mol. The van der Waals surface area contributed by atoms with E-state index < -0.39 is 0 Å². The highest BCUT2D eigenvalue weighted by Gasteiger charge is 2.23. The number of nitrogens with two attached hydrogens (primary N) is 1. The van der Waals surface area contributed by atoms with Gasteiger partial charge in [-0.2, -0.15) is 0 Å². The molecule has 1 aliphatic carbocycles. The van der Waals surface area contributed by atoms with E-state index >= 15 is 0 Å². The standard InChI is InChI=1S/C13H19NO2/c1-16-12-7-6-10(8-11(12)15)13(14)9-4-2-3-5-9/h6-9,13,15H,2-5,14H2,1H3/t13-/m0/s1. The van der Waals surface area contributed by atoms with Gasteiger partial charge in [0.15, 0.2) is 11.5 Å². The monoisotopic (exact) mass is 221 g/mol. The minimum absolute atomic E-state index is 0.0410. The molecule has 1 fully saturated rings. The Kier molecular flexibility index (Phi) is 3.34. The summed E-state index contributed by atoms with van der Waals surface area (Å²) in [5.74, 6) is 1.24. The molecular formula is C13H19NO2. The zero-order valence-corrected chi connectivity index (χ0v) is 9.65. The van der Waals surface area contributed by atoms with E-state index in [4.69, 9.17) is 10.5 Å². The molecule has 3 N–H and O–H groups in total. The van der Waals surface area contributed by atoms with Crippen LogP contribution < -0.4 is 10.5 Å². The third-order valence-corrected chi connectivity index (χ3v) is 3.50. The highest BCUT2D eigenvalue weighted by Crippen LogP contribution is 2.36. The van der Waals surface area contributed by atoms with Gasteiger partial charge in [-0.15, -0.1) is 0 Å². The average Bonchev–Trinajstić information content (AvgIpc) is 2.81. The zero-order chi connectivity index (χ0) is 11.5. The lowest BCUT2D eigenvalue weighted by molar-refractivity contribution is 0.371. The van der Waals surface area contributed by atoms with Crippen LogP contribution in [0.5, 0.6) is 11.5 Å². The highest BCUT2D eigenvalue weighted by molar-refractivity contribution is 5.42. The number of aromatic hydroxyl groups is 1. The Morgan fingerprint density at radius 2 is 2.06 bits per heavy atom. The van der Waals surface area contributed by atoms with E-state index in [-0.39, 0.29) is 11.8 Å². The van der Waals surface area contributed by atoms with Gasteiger partial charge in [-0.3, -0.25) is 0 Å². The predicted octanol–water partition coefficient (Wildman–Crippen LogP) is 2.59. The molecule has 0 unspecified atom stereocenters. The molecule has 0 radical (unpaired) electrons. The van der Waals surface area contributed by atoms with Gasteiger partial charge in [0.1, 0.15) is 0 Å². The molecule has 2 rings (SSSR count). The molecule has 0 spiro atoms. The van der Waals surface area contributed by atoms with Crippen LogP contribution in [0.2, 0.25) is 0 Å². The van der Waals surface area contributed by atoms with Crippen molar-refractivity contribution in [3.63, 3.8) is 0 Å². The number of rotatable bonds is 3. The molecule has 1 aromatic carbocycles. The molecule has 16 heavy (non-hydrogen) atoms. The van der Waals surface area contributed by atoms with E-state index in [0.717, 1.165) is 5.56 Å². The predicted molar refractivity (Wildman–Crippen MR) is 63.5 cm³/mol. The maximum Gasteiger partial charge on any atom is 0.160 e. The fourth-order valence-electron chi connectivity index (χ4n) is 2.50. The van der Waals surface area contributed by atoms with E-state index in [9.17, 15) is 5.11 Å². The van der Waals surface area contributed by atoms with Crippen molar-refractivity contribution in [1.82, 2.24) is 0 Å². The molecule has 0 aromatic heterocycles. The van der Waals surface area contributed by atoms with Gasteiger partial charge in [-0.1, -0.05) is 18.9 Å². The van der Waals surface area contributed by atoms with E-state index in [1.165, 1.54) is 25.7 Å². The Morgan fingerprint density at radius 3 is 2.62 bits per heavy atom. The summed E-state index contributed by atoms with van der Waals surface area (Å²) in [6, 6.07) is 5.49. The van der Waals surface area contributed by atoms with Crippen molar-refractivity contribution in [2.24, 2.45) is 11.7 Å². The first-order valence-corrected chi connectivity index (χ1v) is 5.85. The Morgan fingerprint density at radius 1 is 1.38 bits per heavy atom. The van der Waals surface area contributed by atoms with Crippen molar-refractivity contribution >= 4 is 0 Å². The van der Waals surface area contributed by atoms with Gasteiger partial charge in [0.05, 0.1) is 7.11 Å². The lowest BCUT2D eigenvalue weighted by atomic mass is 9.92. The van der Waals surface area contributed by atoms with Crippen LogP contribution in [0.4, 0.5) is 0 Å². The molecule has 0 amide bonds. The van der Waals surface area contributed by atoms with E-state index in [1.807, 2.05) is 6.07 Å². The molecule has 0 heterocycles. The highest BCUT2D eigenvalue weighted by atomic mass is 16.5. The summed E-state index contributed by atoms with van der Waals surface area (Å²) >= 11 is 0. The SMILES string of the molecule is COc1ccc([C@@H](N)C2CCCC2)cc1O. The second-order valence-corrected chi connectivity index (χ2v) is 4.50. The van der Waals surface area contributed by atoms with Crippen LogP contribution in [0.25, 0.3) is 0 Å². The van der Waals surface area contributed by atoms with E-state index in [1.54, 1.807) is 19.2 Å². The second kappa shape index (κ2) is 4.74. The molecule has 0 saturated heterocycles. The Bertz CT molecular complexity index is 359. The Balaban J connectivity index is 2.16. The maximum absolute atomic E-state index is 9.70. The van der Waals surface area contributed by atoms with E-state index in [0.29, 0.717) is 11.7 Å². The Labute approximate surface area is 96.2 Å². The van der Waals surface area contributed by atoms with Gasteiger partial charge >= 0.3 is 0 Å². The van der Waals surface area contributed by atoms with Crippen LogP contribution >= 0.6 is 0 Å². The maximum atomic E-state index is 9.70. The summed E-state index contributed by atoms with van der Waals surface area (Å²) in [5, 5.41) is 9.70. The number of phenols is 1. The van der Waals surface area contributed by atoms with Crippen molar-refractivity contribution in [3.8, 4) is 11.5 Å². The molecule has 88 valence electrons. The van der Waals surface area contributed by atoms with Crippen LogP contribution in [0.15, 0.2) is 18.2 Å². The van der Waals surface area contributed by atoms with Crippen molar-refractivity contribution in [2.45, 2.75) is 31.7 Å². The first-order valence-electron chi connectivity index (χ1n) is 5.85. The summed E-state index contributed by atoms with van der Waals surface area (Å²) in [6.45, 7) is 0. The smallest absolute Gasteiger partial charge is 0.160 e. The number of phenolic OH excluding ortho intramolecular Hbond substituents is 1. The summed E-state index contributed by atoms with van der Waals surface area (Å²) in [4.78, 5) is 0. The molecule has 3 heteroatoms. The van der Waals surface area contributed by atoms with E-state index in [2.05, 4.69) is 0 Å². The third-order valence-electron chi connectivity index (χ3n) is 3.50.